The van der Waals surface area contributed by atoms with Gasteiger partial charge in [-0.2, -0.15) is 0 Å². The lowest BCUT2D eigenvalue weighted by molar-refractivity contribution is 0.168. The Morgan fingerprint density at radius 3 is 2.38 bits per heavy atom. The van der Waals surface area contributed by atoms with Crippen LogP contribution in [0.3, 0.4) is 0 Å². The van der Waals surface area contributed by atoms with Gasteiger partial charge in [0.15, 0.2) is 8.32 Å². The number of ether oxygens (including phenoxy) is 1. The van der Waals surface area contributed by atoms with Gasteiger partial charge in [-0.3, -0.25) is 0 Å². The fourth-order valence-corrected chi connectivity index (χ4v) is 4.01. The van der Waals surface area contributed by atoms with E-state index >= 15 is 0 Å². The van der Waals surface area contributed by atoms with E-state index in [-0.39, 0.29) is 11.6 Å². The molecule has 21 heavy (non-hydrogen) atoms. The van der Waals surface area contributed by atoms with Crippen molar-refractivity contribution in [1.82, 2.24) is 0 Å². The Bertz CT molecular complexity index is 378. The Balaban J connectivity index is 2.89. The van der Waals surface area contributed by atoms with E-state index in [2.05, 4.69) is 31.6 Å². The van der Waals surface area contributed by atoms with Gasteiger partial charge in [-0.15, -0.1) is 0 Å². The van der Waals surface area contributed by atoms with E-state index in [1.54, 1.807) is 0 Å². The van der Waals surface area contributed by atoms with Gasteiger partial charge in [0, 0.05) is 0 Å². The summed E-state index contributed by atoms with van der Waals surface area (Å²) in [6, 6.07) is 0. The van der Waals surface area contributed by atoms with Crippen molar-refractivity contribution in [1.29, 1.82) is 0 Å². The van der Waals surface area contributed by atoms with Crippen molar-refractivity contribution in [2.24, 2.45) is 4.99 Å². The maximum atomic E-state index is 6.63. The Morgan fingerprint density at radius 1 is 1.33 bits per heavy atom. The number of hydrogen-bond acceptors (Lipinski definition) is 3. The van der Waals surface area contributed by atoms with Crippen molar-refractivity contribution in [2.75, 3.05) is 6.61 Å². The summed E-state index contributed by atoms with van der Waals surface area (Å²) in [5, 5.41) is 0. The molecule has 124 valence electrons. The van der Waals surface area contributed by atoms with Crippen LogP contribution in [-0.4, -0.2) is 36.8 Å². The summed E-state index contributed by atoms with van der Waals surface area (Å²) in [6.45, 7) is 13.1. The molecule has 1 atom stereocenters. The third-order valence-electron chi connectivity index (χ3n) is 3.22. The first-order chi connectivity index (χ1) is 9.48. The lowest BCUT2D eigenvalue weighted by Gasteiger charge is -2.34. The van der Waals surface area contributed by atoms with Crippen LogP contribution >= 0.6 is 23.2 Å². The van der Waals surface area contributed by atoms with Crippen LogP contribution < -0.4 is 0 Å². The van der Waals surface area contributed by atoms with Crippen molar-refractivity contribution in [3.63, 3.8) is 0 Å². The predicted molar refractivity (Wildman–Crippen MR) is 94.3 cm³/mol. The molecule has 1 unspecified atom stereocenters. The van der Waals surface area contributed by atoms with Crippen LogP contribution in [0.4, 0.5) is 0 Å². The van der Waals surface area contributed by atoms with E-state index in [1.165, 1.54) is 0 Å². The smallest absolute Gasteiger partial charge is 0.224 e. The molecule has 0 aromatic carbocycles. The van der Waals surface area contributed by atoms with Crippen LogP contribution in [0.5, 0.6) is 0 Å². The second-order valence-electron chi connectivity index (χ2n) is 7.36. The second-order valence-corrected chi connectivity index (χ2v) is 13.2. The molecule has 0 N–H and O–H groups in total. The number of halogens is 2. The highest BCUT2D eigenvalue weighted by atomic mass is 35.5. The fourth-order valence-electron chi connectivity index (χ4n) is 2.21. The standard InChI is InChI=1S/C15H29Cl2NO2Si/c1-7-8-9-10-12(20-21(4,5)6)15(16,17)13-18-14(2,3)11-19-13/h12H,7-11H2,1-6H3. The molecule has 0 saturated heterocycles. The van der Waals surface area contributed by atoms with Crippen LogP contribution in [0.1, 0.15) is 46.5 Å². The molecule has 1 aliphatic heterocycles. The zero-order valence-electron chi connectivity index (χ0n) is 14.1. The molecule has 3 nitrogen and oxygen atoms in total. The summed E-state index contributed by atoms with van der Waals surface area (Å²) in [5.41, 5.74) is -0.266. The molecule has 0 amide bonds. The highest BCUT2D eigenvalue weighted by Gasteiger charge is 2.47. The molecular weight excluding hydrogens is 325 g/mol. The van der Waals surface area contributed by atoms with E-state index in [9.17, 15) is 0 Å². The van der Waals surface area contributed by atoms with Gasteiger partial charge in [-0.1, -0.05) is 49.4 Å². The second kappa shape index (κ2) is 7.20. The van der Waals surface area contributed by atoms with Crippen LogP contribution in [0.15, 0.2) is 4.99 Å². The molecule has 1 aliphatic rings. The maximum absolute atomic E-state index is 6.63. The third-order valence-corrected chi connectivity index (χ3v) is 5.02. The van der Waals surface area contributed by atoms with Crippen LogP contribution in [0, 0.1) is 0 Å². The van der Waals surface area contributed by atoms with E-state index in [1.807, 2.05) is 13.8 Å². The molecule has 0 fully saturated rings. The zero-order valence-corrected chi connectivity index (χ0v) is 16.6. The molecule has 6 heteroatoms. The van der Waals surface area contributed by atoms with Crippen LogP contribution in [-0.2, 0) is 9.16 Å². The molecule has 0 spiro atoms. The monoisotopic (exact) mass is 353 g/mol. The number of hydrogen-bond donors (Lipinski definition) is 0. The lowest BCUT2D eigenvalue weighted by atomic mass is 10.1. The molecule has 0 aromatic rings. The van der Waals surface area contributed by atoms with Gasteiger partial charge in [-0.05, 0) is 39.9 Å². The largest absolute Gasteiger partial charge is 0.476 e. The first-order valence-electron chi connectivity index (χ1n) is 7.77. The topological polar surface area (TPSA) is 30.8 Å². The van der Waals surface area contributed by atoms with Gasteiger partial charge in [0.1, 0.15) is 6.61 Å². The van der Waals surface area contributed by atoms with E-state index in [4.69, 9.17) is 32.4 Å². The minimum atomic E-state index is -1.76. The van der Waals surface area contributed by atoms with E-state index in [0.29, 0.717) is 12.5 Å². The molecule has 0 saturated carbocycles. The quantitative estimate of drug-likeness (QED) is 0.342. The van der Waals surface area contributed by atoms with E-state index in [0.717, 1.165) is 25.7 Å². The minimum Gasteiger partial charge on any atom is -0.476 e. The number of rotatable bonds is 8. The first kappa shape index (κ1) is 19.3. The number of aliphatic imine (C=N–C) groups is 1. The molecule has 0 bridgehead atoms. The van der Waals surface area contributed by atoms with Gasteiger partial charge in [-0.25, -0.2) is 4.99 Å². The molecular formula is C15H29Cl2NO2Si. The fraction of sp³-hybridized carbons (Fsp3) is 0.933. The Hall–Kier alpha value is 0.227. The lowest BCUT2D eigenvalue weighted by Crippen LogP contribution is -2.46. The van der Waals surface area contributed by atoms with Gasteiger partial charge >= 0.3 is 0 Å². The molecule has 1 heterocycles. The molecule has 1 rings (SSSR count). The number of nitrogens with zero attached hydrogens (tertiary/aromatic N) is 1. The van der Waals surface area contributed by atoms with Gasteiger partial charge in [0.2, 0.25) is 10.2 Å². The van der Waals surface area contributed by atoms with Crippen LogP contribution in [0.25, 0.3) is 0 Å². The van der Waals surface area contributed by atoms with Gasteiger partial charge < -0.3 is 9.16 Å². The predicted octanol–water partition coefficient (Wildman–Crippen LogP) is 5.17. The summed E-state index contributed by atoms with van der Waals surface area (Å²) in [6.07, 6.45) is 3.90. The Labute approximate surface area is 140 Å². The normalized spacial score (nSPS) is 20.1. The SMILES string of the molecule is CCCCCC(O[Si](C)(C)C)C(Cl)(Cl)C1=NC(C)(C)CO1. The van der Waals surface area contributed by atoms with Crippen molar-refractivity contribution in [3.8, 4) is 0 Å². The van der Waals surface area contributed by atoms with Gasteiger partial charge in [0.05, 0.1) is 11.6 Å². The highest BCUT2D eigenvalue weighted by Crippen LogP contribution is 2.38. The molecule has 0 aromatic heterocycles. The summed E-state index contributed by atoms with van der Waals surface area (Å²) < 4.78 is 10.7. The maximum Gasteiger partial charge on any atom is 0.224 e. The summed E-state index contributed by atoms with van der Waals surface area (Å²) in [7, 11) is -1.76. The van der Waals surface area contributed by atoms with Crippen LogP contribution in [0.2, 0.25) is 19.6 Å². The number of unbranched alkanes of at least 4 members (excludes halogenated alkanes) is 2. The van der Waals surface area contributed by atoms with Crippen molar-refractivity contribution < 1.29 is 9.16 Å². The van der Waals surface area contributed by atoms with Crippen molar-refractivity contribution >= 4 is 37.4 Å². The minimum absolute atomic E-state index is 0.266. The van der Waals surface area contributed by atoms with Gasteiger partial charge in [0.25, 0.3) is 0 Å². The average Bonchev–Trinajstić information content (AvgIpc) is 2.68. The summed E-state index contributed by atoms with van der Waals surface area (Å²) in [5.74, 6) is 0.413. The van der Waals surface area contributed by atoms with Crippen molar-refractivity contribution in [3.05, 3.63) is 0 Å². The summed E-state index contributed by atoms with van der Waals surface area (Å²) in [4.78, 5) is 4.54. The zero-order chi connectivity index (χ0) is 16.3. The third kappa shape index (κ3) is 6.09. The Morgan fingerprint density at radius 2 is 1.95 bits per heavy atom. The summed E-state index contributed by atoms with van der Waals surface area (Å²) >= 11 is 13.3. The number of alkyl halides is 2. The average molecular weight is 354 g/mol. The van der Waals surface area contributed by atoms with Crippen molar-refractivity contribution in [2.45, 2.75) is 82.1 Å². The molecule has 0 radical (unpaired) electrons. The van der Waals surface area contributed by atoms with E-state index < -0.39 is 12.7 Å². The Kier molecular flexibility index (Phi) is 6.61. The highest BCUT2D eigenvalue weighted by molar-refractivity contribution is 6.70. The first-order valence-corrected chi connectivity index (χ1v) is 11.9. The molecule has 0 aliphatic carbocycles.